The first-order valence-corrected chi connectivity index (χ1v) is 11.9. The van der Waals surface area contributed by atoms with Crippen molar-refractivity contribution >= 4 is 39.8 Å². The first-order chi connectivity index (χ1) is 16.0. The van der Waals surface area contributed by atoms with Crippen LogP contribution < -0.4 is 5.56 Å². The molecule has 1 atom stereocenters. The molecule has 0 bridgehead atoms. The van der Waals surface area contributed by atoms with Crippen molar-refractivity contribution in [3.8, 4) is 0 Å². The van der Waals surface area contributed by atoms with Crippen molar-refractivity contribution in [1.29, 1.82) is 0 Å². The molecule has 1 aliphatic heterocycles. The number of amides is 1. The maximum Gasteiger partial charge on any atom is 0.262 e. The van der Waals surface area contributed by atoms with E-state index in [1.165, 1.54) is 0 Å². The van der Waals surface area contributed by atoms with Gasteiger partial charge in [-0.3, -0.25) is 14.2 Å². The van der Waals surface area contributed by atoms with Gasteiger partial charge in [0, 0.05) is 19.1 Å². The number of carbonyl (C=O) groups excluding carboxylic acids is 1. The number of benzene rings is 3. The number of aromatic nitrogens is 2. The van der Waals surface area contributed by atoms with E-state index < -0.39 is 0 Å². The zero-order chi connectivity index (χ0) is 23.4. The molecule has 0 saturated carbocycles. The van der Waals surface area contributed by atoms with Gasteiger partial charge >= 0.3 is 0 Å². The summed E-state index contributed by atoms with van der Waals surface area (Å²) in [6, 6.07) is 22.3. The molecule has 33 heavy (non-hydrogen) atoms. The van der Waals surface area contributed by atoms with Gasteiger partial charge in [0.2, 0.25) is 5.91 Å². The minimum atomic E-state index is -0.0259. The smallest absolute Gasteiger partial charge is 0.262 e. The first kappa shape index (κ1) is 22.9. The summed E-state index contributed by atoms with van der Waals surface area (Å²) < 4.78 is 2.05. The zero-order valence-corrected chi connectivity index (χ0v) is 19.9. The van der Waals surface area contributed by atoms with Crippen LogP contribution >= 0.6 is 12.2 Å². The minimum Gasteiger partial charge on any atom is -0.340 e. The molecule has 1 N–H and O–H groups in total. The van der Waals surface area contributed by atoms with Crippen LogP contribution in [0.4, 0.5) is 0 Å². The molecular weight excluding hydrogens is 430 g/mol. The van der Waals surface area contributed by atoms with Gasteiger partial charge in [0.05, 0.1) is 17.3 Å². The normalized spacial score (nSPS) is 15.5. The number of hydrogen-bond donors (Lipinski definition) is 1. The Morgan fingerprint density at radius 1 is 1.06 bits per heavy atom. The standard InChI is InChI=1S/C14H12N2OS.C13H17NO/c1-2-16-13(17)11-7-9-5-3-4-6-10(9)8-12(11)15-14(16)18;1-11-6-5-9-14(11)13(15)10-12-7-3-2-4-8-12/h3-8H,2H2,1H3,(H,15,18);2-4,7-8,11H,5-6,9-10H2,1H3. The molecule has 1 amide bonds. The van der Waals surface area contributed by atoms with Crippen LogP contribution in [0.5, 0.6) is 0 Å². The molecule has 0 aliphatic carbocycles. The van der Waals surface area contributed by atoms with Crippen LogP contribution in [0.15, 0.2) is 71.5 Å². The van der Waals surface area contributed by atoms with Crippen molar-refractivity contribution in [2.45, 2.75) is 45.7 Å². The van der Waals surface area contributed by atoms with E-state index in [2.05, 4.69) is 11.9 Å². The molecule has 3 aromatic carbocycles. The fraction of sp³-hybridized carbons (Fsp3) is 0.296. The highest BCUT2D eigenvalue weighted by Crippen LogP contribution is 2.19. The van der Waals surface area contributed by atoms with E-state index in [9.17, 15) is 9.59 Å². The summed E-state index contributed by atoms with van der Waals surface area (Å²) in [5.41, 5.74) is 1.89. The number of likely N-dealkylation sites (tertiary alicyclic amines) is 1. The van der Waals surface area contributed by atoms with Crippen LogP contribution in [-0.4, -0.2) is 32.9 Å². The quantitative estimate of drug-likeness (QED) is 0.326. The fourth-order valence-corrected chi connectivity index (χ4v) is 4.73. The van der Waals surface area contributed by atoms with Crippen LogP contribution in [0.3, 0.4) is 0 Å². The molecular formula is C27H29N3O2S. The Labute approximate surface area is 198 Å². The Hall–Kier alpha value is -3.25. The minimum absolute atomic E-state index is 0.0259. The number of aromatic amines is 1. The Morgan fingerprint density at radius 2 is 1.73 bits per heavy atom. The average Bonchev–Trinajstić information content (AvgIpc) is 3.25. The number of hydrogen-bond acceptors (Lipinski definition) is 3. The van der Waals surface area contributed by atoms with Gasteiger partial charge in [0.1, 0.15) is 0 Å². The van der Waals surface area contributed by atoms with Crippen LogP contribution in [0.25, 0.3) is 21.7 Å². The van der Waals surface area contributed by atoms with Crippen LogP contribution in [-0.2, 0) is 17.8 Å². The van der Waals surface area contributed by atoms with Crippen molar-refractivity contribution in [3.63, 3.8) is 0 Å². The lowest BCUT2D eigenvalue weighted by Gasteiger charge is -2.21. The molecule has 1 unspecified atom stereocenters. The topological polar surface area (TPSA) is 58.1 Å². The summed E-state index contributed by atoms with van der Waals surface area (Å²) in [7, 11) is 0. The molecule has 1 aliphatic rings. The van der Waals surface area contributed by atoms with Crippen molar-refractivity contribution in [2.75, 3.05) is 6.54 Å². The van der Waals surface area contributed by atoms with Gasteiger partial charge in [-0.1, -0.05) is 54.6 Å². The Morgan fingerprint density at radius 3 is 2.36 bits per heavy atom. The molecule has 0 radical (unpaired) electrons. The SMILES string of the molecule is CC1CCCN1C(=O)Cc1ccccc1.CCn1c(=S)[nH]c2cc3ccccc3cc2c1=O. The lowest BCUT2D eigenvalue weighted by molar-refractivity contribution is -0.130. The lowest BCUT2D eigenvalue weighted by atomic mass is 10.1. The summed E-state index contributed by atoms with van der Waals surface area (Å²) in [6.07, 6.45) is 2.85. The van der Waals surface area contributed by atoms with Gasteiger partial charge < -0.3 is 9.88 Å². The van der Waals surface area contributed by atoms with E-state index in [-0.39, 0.29) is 11.5 Å². The highest BCUT2D eigenvalue weighted by molar-refractivity contribution is 7.71. The van der Waals surface area contributed by atoms with Gasteiger partial charge in [-0.15, -0.1) is 0 Å². The second-order valence-corrected chi connectivity index (χ2v) is 8.85. The number of nitrogens with zero attached hydrogens (tertiary/aromatic N) is 2. The van der Waals surface area contributed by atoms with Gasteiger partial charge in [-0.05, 0) is 67.4 Å². The predicted molar refractivity (Wildman–Crippen MR) is 137 cm³/mol. The predicted octanol–water partition coefficient (Wildman–Crippen LogP) is 5.47. The van der Waals surface area contributed by atoms with Gasteiger partial charge in [0.15, 0.2) is 4.77 Å². The Balaban J connectivity index is 0.000000160. The zero-order valence-electron chi connectivity index (χ0n) is 19.1. The summed E-state index contributed by atoms with van der Waals surface area (Å²) in [5, 5.41) is 2.85. The van der Waals surface area contributed by atoms with Crippen molar-refractivity contribution in [1.82, 2.24) is 14.5 Å². The number of H-pyrrole nitrogens is 1. The maximum absolute atomic E-state index is 12.3. The van der Waals surface area contributed by atoms with Gasteiger partial charge in [-0.25, -0.2) is 0 Å². The third-order valence-corrected chi connectivity index (χ3v) is 6.56. The van der Waals surface area contributed by atoms with Crippen LogP contribution in [0.1, 0.15) is 32.3 Å². The van der Waals surface area contributed by atoms with Crippen molar-refractivity contribution < 1.29 is 4.79 Å². The summed E-state index contributed by atoms with van der Waals surface area (Å²) in [5.74, 6) is 0.270. The molecule has 5 rings (SSSR count). The van der Waals surface area contributed by atoms with E-state index in [0.29, 0.717) is 29.2 Å². The van der Waals surface area contributed by atoms with E-state index in [4.69, 9.17) is 12.2 Å². The maximum atomic E-state index is 12.3. The Kier molecular flexibility index (Phi) is 7.04. The third-order valence-electron chi connectivity index (χ3n) is 6.24. The average molecular weight is 460 g/mol. The molecule has 1 fully saturated rings. The molecule has 4 aromatic rings. The van der Waals surface area contributed by atoms with Crippen molar-refractivity contribution in [2.24, 2.45) is 0 Å². The number of carbonyl (C=O) groups is 1. The largest absolute Gasteiger partial charge is 0.340 e. The molecule has 5 nitrogen and oxygen atoms in total. The second kappa shape index (κ2) is 10.1. The third kappa shape index (κ3) is 5.06. The van der Waals surface area contributed by atoms with Gasteiger partial charge in [0.25, 0.3) is 5.56 Å². The first-order valence-electron chi connectivity index (χ1n) is 11.5. The van der Waals surface area contributed by atoms with Crippen molar-refractivity contribution in [3.05, 3.63) is 87.4 Å². The lowest BCUT2D eigenvalue weighted by Crippen LogP contribution is -2.34. The van der Waals surface area contributed by atoms with E-state index >= 15 is 0 Å². The molecule has 0 spiro atoms. The second-order valence-electron chi connectivity index (χ2n) is 8.47. The summed E-state index contributed by atoms with van der Waals surface area (Å²) in [4.78, 5) is 29.4. The molecule has 2 heterocycles. The summed E-state index contributed by atoms with van der Waals surface area (Å²) in [6.45, 7) is 5.57. The van der Waals surface area contributed by atoms with E-state index in [1.807, 2.05) is 78.6 Å². The fourth-order valence-electron chi connectivity index (χ4n) is 4.40. The monoisotopic (exact) mass is 459 g/mol. The number of nitrogens with one attached hydrogen (secondary N) is 1. The van der Waals surface area contributed by atoms with Crippen LogP contribution in [0.2, 0.25) is 0 Å². The molecule has 1 saturated heterocycles. The highest BCUT2D eigenvalue weighted by Gasteiger charge is 2.24. The highest BCUT2D eigenvalue weighted by atomic mass is 32.1. The number of rotatable bonds is 3. The van der Waals surface area contributed by atoms with Crippen LogP contribution in [0, 0.1) is 4.77 Å². The van der Waals surface area contributed by atoms with Gasteiger partial charge in [-0.2, -0.15) is 0 Å². The molecule has 6 heteroatoms. The van der Waals surface area contributed by atoms with E-state index in [1.54, 1.807) is 4.57 Å². The molecule has 170 valence electrons. The van der Waals surface area contributed by atoms with E-state index in [0.717, 1.165) is 41.2 Å². The molecule has 1 aromatic heterocycles. The summed E-state index contributed by atoms with van der Waals surface area (Å²) >= 11 is 5.20. The number of fused-ring (bicyclic) bond motifs is 2. The Bertz CT molecular complexity index is 1390.